The number of nitrogens with zero attached hydrogens (tertiary/aromatic N) is 1. The van der Waals surface area contributed by atoms with Crippen molar-refractivity contribution >= 4 is 5.91 Å². The molecule has 0 aromatic carbocycles. The molecule has 1 unspecified atom stereocenters. The number of nitrogens with one attached hydrogen (secondary N) is 1. The Hall–Kier alpha value is -0.570. The summed E-state index contributed by atoms with van der Waals surface area (Å²) in [4.78, 5) is 14.0. The van der Waals surface area contributed by atoms with Crippen molar-refractivity contribution in [3.05, 3.63) is 0 Å². The molecule has 16 heavy (non-hydrogen) atoms. The van der Waals surface area contributed by atoms with E-state index in [1.54, 1.807) is 0 Å². The molecule has 0 saturated carbocycles. The average Bonchev–Trinajstić information content (AvgIpc) is 2.42. The van der Waals surface area contributed by atoms with E-state index in [9.17, 15) is 4.79 Å². The Labute approximate surface area is 99.6 Å². The van der Waals surface area contributed by atoms with Gasteiger partial charge in [-0.15, -0.1) is 0 Å². The molecule has 1 N–H and O–H groups in total. The van der Waals surface area contributed by atoms with Crippen molar-refractivity contribution in [1.29, 1.82) is 0 Å². The van der Waals surface area contributed by atoms with E-state index in [0.717, 1.165) is 25.6 Å². The van der Waals surface area contributed by atoms with Crippen LogP contribution in [0.2, 0.25) is 0 Å². The van der Waals surface area contributed by atoms with E-state index in [-0.39, 0.29) is 0 Å². The lowest BCUT2D eigenvalue weighted by Gasteiger charge is -2.20. The highest BCUT2D eigenvalue weighted by Crippen LogP contribution is 2.16. The Bertz CT molecular complexity index is 216. The van der Waals surface area contributed by atoms with Crippen molar-refractivity contribution in [2.75, 3.05) is 19.6 Å². The summed E-state index contributed by atoms with van der Waals surface area (Å²) in [7, 11) is 0. The lowest BCUT2D eigenvalue weighted by atomic mass is 10.0. The monoisotopic (exact) mass is 226 g/mol. The lowest BCUT2D eigenvalue weighted by molar-refractivity contribution is -0.131. The molecule has 1 rings (SSSR count). The largest absolute Gasteiger partial charge is 0.343 e. The van der Waals surface area contributed by atoms with Crippen molar-refractivity contribution in [2.45, 2.75) is 52.5 Å². The summed E-state index contributed by atoms with van der Waals surface area (Å²) in [5, 5.41) is 3.29. The number of hydrogen-bond acceptors (Lipinski definition) is 2. The van der Waals surface area contributed by atoms with E-state index in [0.29, 0.717) is 18.4 Å². The Morgan fingerprint density at radius 1 is 1.38 bits per heavy atom. The third-order valence-corrected chi connectivity index (χ3v) is 3.26. The van der Waals surface area contributed by atoms with Gasteiger partial charge in [-0.05, 0) is 25.2 Å². The third kappa shape index (κ3) is 4.97. The molecular weight excluding hydrogens is 200 g/mol. The Morgan fingerprint density at radius 3 is 2.81 bits per heavy atom. The molecule has 0 spiro atoms. The van der Waals surface area contributed by atoms with Crippen LogP contribution in [0.1, 0.15) is 46.5 Å². The topological polar surface area (TPSA) is 32.3 Å². The van der Waals surface area contributed by atoms with Gasteiger partial charge in [-0.25, -0.2) is 0 Å². The first-order chi connectivity index (χ1) is 7.59. The Kier molecular flexibility index (Phi) is 5.81. The minimum absolute atomic E-state index is 0.322. The maximum absolute atomic E-state index is 11.9. The average molecular weight is 226 g/mol. The molecule has 0 aromatic heterocycles. The molecule has 3 nitrogen and oxygen atoms in total. The maximum Gasteiger partial charge on any atom is 0.223 e. The summed E-state index contributed by atoms with van der Waals surface area (Å²) in [6.45, 7) is 9.24. The van der Waals surface area contributed by atoms with Crippen molar-refractivity contribution in [3.8, 4) is 0 Å². The molecule has 1 aliphatic rings. The molecule has 1 aliphatic heterocycles. The molecule has 0 bridgehead atoms. The zero-order valence-electron chi connectivity index (χ0n) is 11.0. The van der Waals surface area contributed by atoms with Crippen LogP contribution >= 0.6 is 0 Å². The summed E-state index contributed by atoms with van der Waals surface area (Å²) >= 11 is 0. The molecule has 3 heteroatoms. The van der Waals surface area contributed by atoms with Gasteiger partial charge in [-0.2, -0.15) is 0 Å². The SMILES string of the molecule is CC1CCCN(C(=O)CCNC(C)C)CC1. The van der Waals surface area contributed by atoms with Gasteiger partial charge in [0.2, 0.25) is 5.91 Å². The van der Waals surface area contributed by atoms with Crippen LogP contribution in [0.15, 0.2) is 0 Å². The fourth-order valence-electron chi connectivity index (χ4n) is 2.14. The predicted molar refractivity (Wildman–Crippen MR) is 67.4 cm³/mol. The highest BCUT2D eigenvalue weighted by Gasteiger charge is 2.17. The quantitative estimate of drug-likeness (QED) is 0.795. The summed E-state index contributed by atoms with van der Waals surface area (Å²) < 4.78 is 0. The van der Waals surface area contributed by atoms with Crippen molar-refractivity contribution < 1.29 is 4.79 Å². The number of rotatable bonds is 4. The number of amides is 1. The van der Waals surface area contributed by atoms with Gasteiger partial charge >= 0.3 is 0 Å². The van der Waals surface area contributed by atoms with Crippen molar-refractivity contribution in [1.82, 2.24) is 10.2 Å². The first-order valence-electron chi connectivity index (χ1n) is 6.60. The summed E-state index contributed by atoms with van der Waals surface area (Å²) in [5.74, 6) is 1.11. The molecule has 0 aromatic rings. The zero-order chi connectivity index (χ0) is 12.0. The molecule has 1 fully saturated rings. The van der Waals surface area contributed by atoms with E-state index in [2.05, 4.69) is 26.1 Å². The molecule has 1 amide bonds. The molecule has 0 radical (unpaired) electrons. The zero-order valence-corrected chi connectivity index (χ0v) is 11.0. The fourth-order valence-corrected chi connectivity index (χ4v) is 2.14. The second-order valence-electron chi connectivity index (χ2n) is 5.28. The van der Waals surface area contributed by atoms with Gasteiger partial charge in [0.05, 0.1) is 0 Å². The molecule has 0 aliphatic carbocycles. The minimum Gasteiger partial charge on any atom is -0.343 e. The maximum atomic E-state index is 11.9. The van der Waals surface area contributed by atoms with Gasteiger partial charge in [0.25, 0.3) is 0 Å². The second kappa shape index (κ2) is 6.89. The van der Waals surface area contributed by atoms with Crippen molar-refractivity contribution in [2.24, 2.45) is 5.92 Å². The second-order valence-corrected chi connectivity index (χ2v) is 5.28. The number of likely N-dealkylation sites (tertiary alicyclic amines) is 1. The predicted octanol–water partition coefficient (Wildman–Crippen LogP) is 2.02. The fraction of sp³-hybridized carbons (Fsp3) is 0.923. The van der Waals surface area contributed by atoms with E-state index in [1.807, 2.05) is 4.90 Å². The lowest BCUT2D eigenvalue weighted by Crippen LogP contribution is -2.35. The van der Waals surface area contributed by atoms with Crippen LogP contribution in [-0.4, -0.2) is 36.5 Å². The summed E-state index contributed by atoms with van der Waals surface area (Å²) in [5.41, 5.74) is 0. The molecule has 1 saturated heterocycles. The van der Waals surface area contributed by atoms with Gasteiger partial charge < -0.3 is 10.2 Å². The normalized spacial score (nSPS) is 22.2. The molecular formula is C13H26N2O. The van der Waals surface area contributed by atoms with Crippen LogP contribution in [0.3, 0.4) is 0 Å². The first kappa shape index (κ1) is 13.5. The van der Waals surface area contributed by atoms with Gasteiger partial charge in [0.1, 0.15) is 0 Å². The van der Waals surface area contributed by atoms with Crippen LogP contribution in [0.5, 0.6) is 0 Å². The van der Waals surface area contributed by atoms with Crippen molar-refractivity contribution in [3.63, 3.8) is 0 Å². The van der Waals surface area contributed by atoms with Crippen LogP contribution in [-0.2, 0) is 4.79 Å². The summed E-state index contributed by atoms with van der Waals surface area (Å²) in [6.07, 6.45) is 4.26. The van der Waals surface area contributed by atoms with Gasteiger partial charge in [0, 0.05) is 32.1 Å². The van der Waals surface area contributed by atoms with E-state index in [1.165, 1.54) is 19.3 Å². The van der Waals surface area contributed by atoms with E-state index < -0.39 is 0 Å². The van der Waals surface area contributed by atoms with Crippen LogP contribution < -0.4 is 5.32 Å². The standard InChI is InChI=1S/C13H26N2O/c1-11(2)14-8-6-13(16)15-9-4-5-12(3)7-10-15/h11-12,14H,4-10H2,1-3H3. The van der Waals surface area contributed by atoms with E-state index in [4.69, 9.17) is 0 Å². The number of carbonyl (C=O) groups is 1. The van der Waals surface area contributed by atoms with E-state index >= 15 is 0 Å². The highest BCUT2D eigenvalue weighted by atomic mass is 16.2. The third-order valence-electron chi connectivity index (χ3n) is 3.26. The van der Waals surface area contributed by atoms with Gasteiger partial charge in [0.15, 0.2) is 0 Å². The number of carbonyl (C=O) groups excluding carboxylic acids is 1. The minimum atomic E-state index is 0.322. The van der Waals surface area contributed by atoms with Gasteiger partial charge in [-0.1, -0.05) is 20.8 Å². The smallest absolute Gasteiger partial charge is 0.223 e. The highest BCUT2D eigenvalue weighted by molar-refractivity contribution is 5.76. The first-order valence-corrected chi connectivity index (χ1v) is 6.60. The van der Waals surface area contributed by atoms with Gasteiger partial charge in [-0.3, -0.25) is 4.79 Å². The molecule has 94 valence electrons. The molecule has 1 atom stereocenters. The Balaban J connectivity index is 2.24. The van der Waals surface area contributed by atoms with Crippen LogP contribution in [0.4, 0.5) is 0 Å². The molecule has 1 heterocycles. The van der Waals surface area contributed by atoms with Crippen LogP contribution in [0, 0.1) is 5.92 Å². The summed E-state index contributed by atoms with van der Waals surface area (Å²) in [6, 6.07) is 0.469. The Morgan fingerprint density at radius 2 is 2.12 bits per heavy atom. The van der Waals surface area contributed by atoms with Crippen LogP contribution in [0.25, 0.3) is 0 Å². The number of hydrogen-bond donors (Lipinski definition) is 1.